The quantitative estimate of drug-likeness (QED) is 0.479. The third-order valence-electron chi connectivity index (χ3n) is 2.88. The molecule has 6 nitrogen and oxygen atoms in total. The first-order valence-electron chi connectivity index (χ1n) is 5.91. The van der Waals surface area contributed by atoms with Gasteiger partial charge in [-0.1, -0.05) is 11.0 Å². The van der Waals surface area contributed by atoms with E-state index in [9.17, 15) is 27.9 Å². The fourth-order valence-corrected chi connectivity index (χ4v) is 1.81. The molecule has 1 aliphatic heterocycles. The summed E-state index contributed by atoms with van der Waals surface area (Å²) in [6, 6.07) is 1.37. The largest absolute Gasteiger partial charge is 0.374 e. The molecule has 0 aliphatic carbocycles. The third-order valence-corrected chi connectivity index (χ3v) is 2.88. The van der Waals surface area contributed by atoms with Gasteiger partial charge in [0, 0.05) is 0 Å². The predicted octanol–water partition coefficient (Wildman–Crippen LogP) is 0.384. The average molecular weight is 314 g/mol. The first-order chi connectivity index (χ1) is 10.4. The summed E-state index contributed by atoms with van der Waals surface area (Å²) in [5.74, 6) is -6.71. The van der Waals surface area contributed by atoms with E-state index in [4.69, 9.17) is 6.42 Å². The monoisotopic (exact) mass is 314 g/mol. The lowest BCUT2D eigenvalue weighted by atomic mass is 10.1. The molecule has 22 heavy (non-hydrogen) atoms. The Balaban J connectivity index is 2.18. The molecule has 2 rings (SSSR count). The minimum absolute atomic E-state index is 0.268. The molecule has 1 saturated heterocycles. The molecule has 1 aromatic rings. The van der Waals surface area contributed by atoms with Crippen molar-refractivity contribution in [1.29, 1.82) is 0 Å². The van der Waals surface area contributed by atoms with Crippen LogP contribution in [-0.2, 0) is 14.4 Å². The van der Waals surface area contributed by atoms with Crippen molar-refractivity contribution in [3.63, 3.8) is 0 Å². The van der Waals surface area contributed by atoms with Gasteiger partial charge in [0.15, 0.2) is 29.6 Å². The van der Waals surface area contributed by atoms with Crippen LogP contribution in [0.5, 0.6) is 0 Å². The van der Waals surface area contributed by atoms with Crippen molar-refractivity contribution in [3.05, 3.63) is 29.6 Å². The molecule has 0 bridgehead atoms. The lowest BCUT2D eigenvalue weighted by Gasteiger charge is -2.15. The van der Waals surface area contributed by atoms with Crippen molar-refractivity contribution in [3.8, 4) is 12.3 Å². The number of benzene rings is 1. The number of carbonyl (C=O) groups is 2. The molecule has 0 radical (unpaired) electrons. The van der Waals surface area contributed by atoms with E-state index < -0.39 is 47.2 Å². The summed E-state index contributed by atoms with van der Waals surface area (Å²) in [6.07, 6.45) is 3.31. The number of aliphatic hydroxyl groups excluding tert-OH is 1. The van der Waals surface area contributed by atoms with Crippen molar-refractivity contribution in [1.82, 2.24) is 5.06 Å². The summed E-state index contributed by atoms with van der Waals surface area (Å²) in [7, 11) is 0. The highest BCUT2D eigenvalue weighted by atomic mass is 19.2. The number of rotatable bonds is 3. The van der Waals surface area contributed by atoms with Crippen LogP contribution in [-0.4, -0.2) is 34.8 Å². The maximum absolute atomic E-state index is 13.5. The fourth-order valence-electron chi connectivity index (χ4n) is 1.81. The van der Waals surface area contributed by atoms with Crippen LogP contribution >= 0.6 is 0 Å². The topological polar surface area (TPSA) is 78.9 Å². The van der Waals surface area contributed by atoms with E-state index >= 15 is 0 Å². The Morgan fingerprint density at radius 3 is 2.73 bits per heavy atom. The van der Waals surface area contributed by atoms with E-state index in [1.165, 1.54) is 0 Å². The van der Waals surface area contributed by atoms with Gasteiger partial charge >= 0.3 is 5.97 Å². The number of hydroxylamine groups is 2. The van der Waals surface area contributed by atoms with E-state index in [0.29, 0.717) is 11.1 Å². The lowest BCUT2D eigenvalue weighted by molar-refractivity contribution is -0.188. The molecule has 2 unspecified atom stereocenters. The second-order valence-electron chi connectivity index (χ2n) is 4.29. The Bertz CT molecular complexity index is 674. The van der Waals surface area contributed by atoms with Gasteiger partial charge in [-0.25, -0.2) is 18.0 Å². The standard InChI is InChI=1S/C13H9F3N2O4/c1-2-5-18-12(20)8(13(21)22-18)11(19)17-7-4-3-6(14)9(15)10(7)16/h1,3-4,8,12,20H,5H2,(H,17,19). The van der Waals surface area contributed by atoms with Crippen LogP contribution in [0.3, 0.4) is 0 Å². The van der Waals surface area contributed by atoms with Gasteiger partial charge in [0.25, 0.3) is 0 Å². The number of terminal acetylenes is 1. The first kappa shape index (κ1) is 15.8. The van der Waals surface area contributed by atoms with Crippen molar-refractivity contribution in [2.75, 3.05) is 11.9 Å². The number of nitrogens with zero attached hydrogens (tertiary/aromatic N) is 1. The summed E-state index contributed by atoms with van der Waals surface area (Å²) in [4.78, 5) is 28.0. The molecular weight excluding hydrogens is 305 g/mol. The van der Waals surface area contributed by atoms with E-state index in [-0.39, 0.29) is 6.54 Å². The summed E-state index contributed by atoms with van der Waals surface area (Å²) in [5, 5.41) is 12.3. The zero-order valence-corrected chi connectivity index (χ0v) is 10.8. The van der Waals surface area contributed by atoms with Gasteiger partial charge in [-0.15, -0.1) is 6.42 Å². The predicted molar refractivity (Wildman–Crippen MR) is 66.1 cm³/mol. The summed E-state index contributed by atoms with van der Waals surface area (Å²) < 4.78 is 39.3. The van der Waals surface area contributed by atoms with E-state index in [2.05, 4.69) is 10.8 Å². The molecule has 1 heterocycles. The molecule has 2 N–H and O–H groups in total. The van der Waals surface area contributed by atoms with Crippen LogP contribution in [0.25, 0.3) is 0 Å². The van der Waals surface area contributed by atoms with Gasteiger partial charge in [-0.3, -0.25) is 4.79 Å². The van der Waals surface area contributed by atoms with Crippen LogP contribution in [0.4, 0.5) is 18.9 Å². The number of anilines is 1. The Labute approximate surface area is 122 Å². The van der Waals surface area contributed by atoms with Crippen LogP contribution in [0.2, 0.25) is 0 Å². The number of hydrogen-bond donors (Lipinski definition) is 2. The molecule has 1 fully saturated rings. The second-order valence-corrected chi connectivity index (χ2v) is 4.29. The minimum Gasteiger partial charge on any atom is -0.374 e. The van der Waals surface area contributed by atoms with Crippen LogP contribution in [0, 0.1) is 35.7 Å². The van der Waals surface area contributed by atoms with Crippen molar-refractivity contribution in [2.45, 2.75) is 6.23 Å². The molecule has 9 heteroatoms. The number of aliphatic hydroxyl groups is 1. The molecular formula is C13H9F3N2O4. The number of nitrogens with one attached hydrogen (secondary N) is 1. The van der Waals surface area contributed by atoms with Crippen molar-refractivity contribution < 1.29 is 32.7 Å². The van der Waals surface area contributed by atoms with Gasteiger partial charge < -0.3 is 15.3 Å². The maximum atomic E-state index is 13.5. The molecule has 1 aliphatic rings. The third kappa shape index (κ3) is 2.74. The normalized spacial score (nSPS) is 21.3. The molecule has 1 amide bonds. The highest BCUT2D eigenvalue weighted by molar-refractivity contribution is 6.05. The molecule has 0 saturated carbocycles. The molecule has 116 valence electrons. The smallest absolute Gasteiger partial charge is 0.341 e. The Morgan fingerprint density at radius 1 is 1.41 bits per heavy atom. The molecule has 0 spiro atoms. The van der Waals surface area contributed by atoms with Crippen molar-refractivity contribution >= 4 is 17.6 Å². The van der Waals surface area contributed by atoms with E-state index in [1.807, 2.05) is 5.32 Å². The summed E-state index contributed by atoms with van der Waals surface area (Å²) in [6.45, 7) is -0.268. The molecule has 2 atom stereocenters. The number of amides is 1. The van der Waals surface area contributed by atoms with E-state index in [1.54, 1.807) is 0 Å². The number of carbonyl (C=O) groups excluding carboxylic acids is 2. The second kappa shape index (κ2) is 6.05. The maximum Gasteiger partial charge on any atom is 0.341 e. The van der Waals surface area contributed by atoms with Crippen LogP contribution in [0.1, 0.15) is 0 Å². The Hall–Kier alpha value is -2.57. The Morgan fingerprint density at radius 2 is 2.09 bits per heavy atom. The zero-order chi connectivity index (χ0) is 16.4. The number of hydrogen-bond acceptors (Lipinski definition) is 5. The minimum atomic E-state index is -1.78. The summed E-state index contributed by atoms with van der Waals surface area (Å²) in [5.41, 5.74) is -0.681. The SMILES string of the molecule is C#CCN1OC(=O)C(C(=O)Nc2ccc(F)c(F)c2F)C1O. The van der Waals surface area contributed by atoms with Crippen LogP contribution < -0.4 is 5.32 Å². The fraction of sp³-hybridized carbons (Fsp3) is 0.231. The summed E-state index contributed by atoms with van der Waals surface area (Å²) >= 11 is 0. The van der Waals surface area contributed by atoms with Gasteiger partial charge in [-0.2, -0.15) is 0 Å². The first-order valence-corrected chi connectivity index (χ1v) is 5.91. The zero-order valence-electron chi connectivity index (χ0n) is 10.8. The van der Waals surface area contributed by atoms with Gasteiger partial charge in [-0.05, 0) is 12.1 Å². The van der Waals surface area contributed by atoms with E-state index in [0.717, 1.165) is 6.07 Å². The van der Waals surface area contributed by atoms with Gasteiger partial charge in [0.1, 0.15) is 0 Å². The lowest BCUT2D eigenvalue weighted by Crippen LogP contribution is -2.38. The van der Waals surface area contributed by atoms with Gasteiger partial charge in [0.2, 0.25) is 5.91 Å². The van der Waals surface area contributed by atoms with Crippen LogP contribution in [0.15, 0.2) is 12.1 Å². The Kier molecular flexibility index (Phi) is 4.35. The molecule has 0 aromatic heterocycles. The highest BCUT2D eigenvalue weighted by Crippen LogP contribution is 2.24. The average Bonchev–Trinajstić information content (AvgIpc) is 2.74. The van der Waals surface area contributed by atoms with Gasteiger partial charge in [0.05, 0.1) is 12.2 Å². The van der Waals surface area contributed by atoms with Crippen molar-refractivity contribution in [2.24, 2.45) is 5.92 Å². The molecule has 1 aromatic carbocycles. The number of halogens is 3. The highest BCUT2D eigenvalue weighted by Gasteiger charge is 2.47.